The van der Waals surface area contributed by atoms with Gasteiger partial charge in [0.15, 0.2) is 11.6 Å². The molecular formula is C21H15BrFNO. The molecule has 0 radical (unpaired) electrons. The maximum absolute atomic E-state index is 15.1. The Morgan fingerprint density at radius 1 is 0.960 bits per heavy atom. The van der Waals surface area contributed by atoms with Gasteiger partial charge in [-0.3, -0.25) is 0 Å². The smallest absolute Gasteiger partial charge is 0.174 e. The molecule has 0 aliphatic carbocycles. The second-order valence-electron chi connectivity index (χ2n) is 5.79. The Kier molecular flexibility index (Phi) is 4.28. The number of aromatic amines is 1. The van der Waals surface area contributed by atoms with Gasteiger partial charge >= 0.3 is 0 Å². The van der Waals surface area contributed by atoms with Gasteiger partial charge in [-0.2, -0.15) is 0 Å². The molecule has 0 spiro atoms. The molecule has 0 saturated heterocycles. The van der Waals surface area contributed by atoms with Gasteiger partial charge in [-0.25, -0.2) is 4.39 Å². The van der Waals surface area contributed by atoms with Crippen molar-refractivity contribution in [3.8, 4) is 16.9 Å². The highest BCUT2D eigenvalue weighted by molar-refractivity contribution is 9.10. The summed E-state index contributed by atoms with van der Waals surface area (Å²) in [5.41, 5.74) is 3.34. The molecule has 3 aromatic carbocycles. The first kappa shape index (κ1) is 15.9. The zero-order valence-electron chi connectivity index (χ0n) is 13.3. The van der Waals surface area contributed by atoms with Gasteiger partial charge in [-0.15, -0.1) is 0 Å². The number of H-pyrrole nitrogens is 1. The fourth-order valence-electron chi connectivity index (χ4n) is 2.85. The van der Waals surface area contributed by atoms with Crippen LogP contribution in [0.3, 0.4) is 0 Å². The lowest BCUT2D eigenvalue weighted by Crippen LogP contribution is -1.99. The van der Waals surface area contributed by atoms with Gasteiger partial charge in [0, 0.05) is 21.7 Å². The quantitative estimate of drug-likeness (QED) is 0.429. The van der Waals surface area contributed by atoms with E-state index in [-0.39, 0.29) is 11.6 Å². The van der Waals surface area contributed by atoms with Gasteiger partial charge < -0.3 is 9.72 Å². The Morgan fingerprint density at radius 3 is 2.64 bits per heavy atom. The Bertz CT molecular complexity index is 1030. The van der Waals surface area contributed by atoms with E-state index >= 15 is 4.39 Å². The molecule has 4 heteroatoms. The molecule has 1 heterocycles. The summed E-state index contributed by atoms with van der Waals surface area (Å²) in [6.07, 6.45) is 1.87. The summed E-state index contributed by atoms with van der Waals surface area (Å²) in [7, 11) is 0. The molecule has 1 N–H and O–H groups in total. The van der Waals surface area contributed by atoms with Crippen molar-refractivity contribution >= 4 is 26.8 Å². The van der Waals surface area contributed by atoms with E-state index in [0.29, 0.717) is 16.6 Å². The monoisotopic (exact) mass is 395 g/mol. The summed E-state index contributed by atoms with van der Waals surface area (Å²) in [6, 6.07) is 21.0. The van der Waals surface area contributed by atoms with E-state index < -0.39 is 0 Å². The van der Waals surface area contributed by atoms with Crippen LogP contribution in [0.5, 0.6) is 5.75 Å². The molecular weight excluding hydrogens is 381 g/mol. The minimum absolute atomic E-state index is 0.246. The number of ether oxygens (including phenoxy) is 1. The summed E-state index contributed by atoms with van der Waals surface area (Å²) in [4.78, 5) is 3.15. The summed E-state index contributed by atoms with van der Waals surface area (Å²) in [5.74, 6) is -0.114. The van der Waals surface area contributed by atoms with Crippen LogP contribution in [-0.2, 0) is 6.61 Å². The third-order valence-electron chi connectivity index (χ3n) is 4.13. The minimum atomic E-state index is -0.361. The first-order valence-electron chi connectivity index (χ1n) is 7.94. The molecule has 0 amide bonds. The van der Waals surface area contributed by atoms with E-state index in [0.717, 1.165) is 22.0 Å². The number of nitrogens with one attached hydrogen (secondary N) is 1. The topological polar surface area (TPSA) is 25.0 Å². The lowest BCUT2D eigenvalue weighted by Gasteiger charge is -2.12. The second kappa shape index (κ2) is 6.73. The van der Waals surface area contributed by atoms with E-state index in [1.54, 1.807) is 6.07 Å². The van der Waals surface area contributed by atoms with Crippen molar-refractivity contribution in [1.29, 1.82) is 0 Å². The van der Waals surface area contributed by atoms with E-state index in [2.05, 4.69) is 20.9 Å². The highest BCUT2D eigenvalue weighted by atomic mass is 79.9. The van der Waals surface area contributed by atoms with Crippen LogP contribution >= 0.6 is 15.9 Å². The molecule has 2 nitrogen and oxygen atoms in total. The molecule has 0 saturated carbocycles. The van der Waals surface area contributed by atoms with Gasteiger partial charge in [0.2, 0.25) is 0 Å². The third-order valence-corrected chi connectivity index (χ3v) is 4.80. The number of aromatic nitrogens is 1. The Hall–Kier alpha value is -2.59. The second-order valence-corrected chi connectivity index (χ2v) is 6.64. The van der Waals surface area contributed by atoms with Crippen LogP contribution in [0.2, 0.25) is 0 Å². The van der Waals surface area contributed by atoms with Crippen LogP contribution < -0.4 is 4.74 Å². The van der Waals surface area contributed by atoms with Gasteiger partial charge in [0.05, 0.1) is 0 Å². The SMILES string of the molecule is Fc1c(OCc2ccccc2)ccc(Br)c1-c1ccc2[nH]ccc2c1. The van der Waals surface area contributed by atoms with Crippen LogP contribution in [0.25, 0.3) is 22.0 Å². The number of halogens is 2. The number of rotatable bonds is 4. The molecule has 0 unspecified atom stereocenters. The first-order chi connectivity index (χ1) is 12.2. The normalized spacial score (nSPS) is 11.0. The lowest BCUT2D eigenvalue weighted by atomic mass is 10.0. The van der Waals surface area contributed by atoms with Crippen LogP contribution in [0.15, 0.2) is 77.4 Å². The maximum atomic E-state index is 15.1. The van der Waals surface area contributed by atoms with Gasteiger partial charge in [0.25, 0.3) is 0 Å². The van der Waals surface area contributed by atoms with Crippen LogP contribution in [0.1, 0.15) is 5.56 Å². The Balaban J connectivity index is 1.70. The van der Waals surface area contributed by atoms with E-state index in [9.17, 15) is 0 Å². The Morgan fingerprint density at radius 2 is 1.80 bits per heavy atom. The number of hydrogen-bond acceptors (Lipinski definition) is 1. The zero-order valence-corrected chi connectivity index (χ0v) is 14.9. The van der Waals surface area contributed by atoms with E-state index in [1.807, 2.05) is 66.9 Å². The average Bonchev–Trinajstić information content (AvgIpc) is 3.10. The molecule has 124 valence electrons. The Labute approximate surface area is 153 Å². The highest BCUT2D eigenvalue weighted by Crippen LogP contribution is 2.37. The van der Waals surface area contributed by atoms with Crippen molar-refractivity contribution in [1.82, 2.24) is 4.98 Å². The fraction of sp³-hybridized carbons (Fsp3) is 0.0476. The molecule has 0 fully saturated rings. The summed E-state index contributed by atoms with van der Waals surface area (Å²) < 4.78 is 21.5. The summed E-state index contributed by atoms with van der Waals surface area (Å²) in [5, 5.41) is 1.04. The van der Waals surface area contributed by atoms with Gasteiger partial charge in [-0.05, 0) is 46.8 Å². The predicted molar refractivity (Wildman–Crippen MR) is 102 cm³/mol. The van der Waals surface area contributed by atoms with Crippen molar-refractivity contribution in [3.63, 3.8) is 0 Å². The molecule has 0 bridgehead atoms. The molecule has 0 aliphatic rings. The van der Waals surface area contributed by atoms with E-state index in [1.165, 1.54) is 0 Å². The average molecular weight is 396 g/mol. The molecule has 25 heavy (non-hydrogen) atoms. The van der Waals surface area contributed by atoms with Crippen LogP contribution in [-0.4, -0.2) is 4.98 Å². The van der Waals surface area contributed by atoms with Crippen molar-refractivity contribution in [2.75, 3.05) is 0 Å². The van der Waals surface area contributed by atoms with Gasteiger partial charge in [0.1, 0.15) is 6.61 Å². The lowest BCUT2D eigenvalue weighted by molar-refractivity contribution is 0.290. The number of fused-ring (bicyclic) bond motifs is 1. The molecule has 0 atom stereocenters. The molecule has 4 rings (SSSR count). The molecule has 4 aromatic rings. The standard InChI is InChI=1S/C21H15BrFNO/c22-17-7-9-19(25-13-14-4-2-1-3-5-14)21(23)20(17)16-6-8-18-15(12-16)10-11-24-18/h1-12,24H,13H2. The van der Waals surface area contributed by atoms with Crippen LogP contribution in [0.4, 0.5) is 4.39 Å². The minimum Gasteiger partial charge on any atom is -0.486 e. The van der Waals surface area contributed by atoms with Crippen molar-refractivity contribution in [3.05, 3.63) is 88.8 Å². The molecule has 0 aliphatic heterocycles. The first-order valence-corrected chi connectivity index (χ1v) is 8.74. The fourth-order valence-corrected chi connectivity index (χ4v) is 3.39. The number of hydrogen-bond donors (Lipinski definition) is 1. The van der Waals surface area contributed by atoms with Crippen molar-refractivity contribution in [2.24, 2.45) is 0 Å². The zero-order chi connectivity index (χ0) is 17.2. The third kappa shape index (κ3) is 3.17. The molecule has 1 aromatic heterocycles. The van der Waals surface area contributed by atoms with Crippen molar-refractivity contribution < 1.29 is 9.13 Å². The number of benzene rings is 3. The summed E-state index contributed by atoms with van der Waals surface area (Å²) in [6.45, 7) is 0.329. The largest absolute Gasteiger partial charge is 0.486 e. The highest BCUT2D eigenvalue weighted by Gasteiger charge is 2.16. The predicted octanol–water partition coefficient (Wildman–Crippen LogP) is 6.32. The van der Waals surface area contributed by atoms with E-state index in [4.69, 9.17) is 4.74 Å². The van der Waals surface area contributed by atoms with Crippen LogP contribution in [0, 0.1) is 5.82 Å². The van der Waals surface area contributed by atoms with Crippen molar-refractivity contribution in [2.45, 2.75) is 6.61 Å². The van der Waals surface area contributed by atoms with Gasteiger partial charge in [-0.1, -0.05) is 52.3 Å². The maximum Gasteiger partial charge on any atom is 0.174 e. The summed E-state index contributed by atoms with van der Waals surface area (Å²) >= 11 is 3.47.